The first kappa shape index (κ1) is 15.8. The van der Waals surface area contributed by atoms with E-state index in [2.05, 4.69) is 10.6 Å². The number of hydrogen-bond acceptors (Lipinski definition) is 4. The predicted octanol–water partition coefficient (Wildman–Crippen LogP) is 1.97. The zero-order valence-corrected chi connectivity index (χ0v) is 13.5. The molecule has 0 aromatic heterocycles. The number of nitrogens with two attached hydrogens (primary N) is 1. The largest absolute Gasteiger partial charge is 0.494 e. The predicted molar refractivity (Wildman–Crippen MR) is 88.2 cm³/mol. The first-order valence-electron chi connectivity index (χ1n) is 8.01. The summed E-state index contributed by atoms with van der Waals surface area (Å²) >= 11 is 0. The van der Waals surface area contributed by atoms with Crippen molar-refractivity contribution in [3.8, 4) is 5.75 Å². The molecule has 6 nitrogen and oxygen atoms in total. The SMILES string of the molecule is COc1cc(NC(=O)C2C3CCC(C3)C2N)ccc1NC(C)=O. The van der Waals surface area contributed by atoms with Crippen LogP contribution in [0.25, 0.3) is 0 Å². The Kier molecular flexibility index (Phi) is 4.26. The maximum absolute atomic E-state index is 12.6. The lowest BCUT2D eigenvalue weighted by molar-refractivity contribution is -0.121. The molecule has 124 valence electrons. The van der Waals surface area contributed by atoms with Crippen molar-refractivity contribution in [2.75, 3.05) is 17.7 Å². The van der Waals surface area contributed by atoms with Gasteiger partial charge in [-0.1, -0.05) is 0 Å². The summed E-state index contributed by atoms with van der Waals surface area (Å²) in [6.07, 6.45) is 3.32. The van der Waals surface area contributed by atoms with E-state index >= 15 is 0 Å². The van der Waals surface area contributed by atoms with E-state index < -0.39 is 0 Å². The lowest BCUT2D eigenvalue weighted by Crippen LogP contribution is -2.42. The van der Waals surface area contributed by atoms with Crippen LogP contribution in [0.15, 0.2) is 18.2 Å². The van der Waals surface area contributed by atoms with Gasteiger partial charge in [0.2, 0.25) is 11.8 Å². The monoisotopic (exact) mass is 317 g/mol. The summed E-state index contributed by atoms with van der Waals surface area (Å²) in [5, 5.41) is 5.64. The number of nitrogens with one attached hydrogen (secondary N) is 2. The average Bonchev–Trinajstić information content (AvgIpc) is 3.09. The summed E-state index contributed by atoms with van der Waals surface area (Å²) < 4.78 is 5.27. The number of anilines is 2. The molecule has 0 heterocycles. The molecule has 4 unspecified atom stereocenters. The van der Waals surface area contributed by atoms with Crippen LogP contribution in [0.2, 0.25) is 0 Å². The van der Waals surface area contributed by atoms with Crippen LogP contribution in [0.4, 0.5) is 11.4 Å². The molecule has 2 amide bonds. The van der Waals surface area contributed by atoms with Crippen LogP contribution in [-0.2, 0) is 9.59 Å². The normalized spacial score (nSPS) is 28.5. The Morgan fingerprint density at radius 1 is 1.22 bits per heavy atom. The van der Waals surface area contributed by atoms with E-state index in [1.807, 2.05) is 0 Å². The average molecular weight is 317 g/mol. The molecule has 23 heavy (non-hydrogen) atoms. The van der Waals surface area contributed by atoms with Crippen molar-refractivity contribution in [1.29, 1.82) is 0 Å². The summed E-state index contributed by atoms with van der Waals surface area (Å²) in [5.74, 6) is 1.13. The number of benzene rings is 1. The van der Waals surface area contributed by atoms with Crippen LogP contribution in [0, 0.1) is 17.8 Å². The van der Waals surface area contributed by atoms with Gasteiger partial charge in [0.1, 0.15) is 5.75 Å². The fourth-order valence-corrected chi connectivity index (χ4v) is 4.01. The van der Waals surface area contributed by atoms with Gasteiger partial charge in [-0.25, -0.2) is 0 Å². The number of methoxy groups -OCH3 is 1. The first-order valence-corrected chi connectivity index (χ1v) is 8.01. The molecule has 2 aliphatic rings. The highest BCUT2D eigenvalue weighted by atomic mass is 16.5. The van der Waals surface area contributed by atoms with Crippen molar-refractivity contribution in [3.05, 3.63) is 18.2 Å². The minimum Gasteiger partial charge on any atom is -0.494 e. The zero-order valence-electron chi connectivity index (χ0n) is 13.5. The molecule has 0 radical (unpaired) electrons. The Morgan fingerprint density at radius 3 is 2.57 bits per heavy atom. The highest BCUT2D eigenvalue weighted by Crippen LogP contribution is 2.48. The van der Waals surface area contributed by atoms with E-state index in [1.54, 1.807) is 18.2 Å². The maximum Gasteiger partial charge on any atom is 0.229 e. The zero-order chi connectivity index (χ0) is 16.6. The Balaban J connectivity index is 1.72. The van der Waals surface area contributed by atoms with Gasteiger partial charge in [-0.05, 0) is 43.2 Å². The van der Waals surface area contributed by atoms with Gasteiger partial charge in [-0.15, -0.1) is 0 Å². The highest BCUT2D eigenvalue weighted by Gasteiger charge is 2.49. The summed E-state index contributed by atoms with van der Waals surface area (Å²) in [6.45, 7) is 1.44. The maximum atomic E-state index is 12.6. The minimum atomic E-state index is -0.173. The Morgan fingerprint density at radius 2 is 1.96 bits per heavy atom. The fourth-order valence-electron chi connectivity index (χ4n) is 4.01. The van der Waals surface area contributed by atoms with Crippen molar-refractivity contribution < 1.29 is 14.3 Å². The fraction of sp³-hybridized carbons (Fsp3) is 0.529. The van der Waals surface area contributed by atoms with Gasteiger partial charge in [-0.3, -0.25) is 9.59 Å². The number of amides is 2. The molecule has 4 N–H and O–H groups in total. The van der Waals surface area contributed by atoms with Crippen LogP contribution in [-0.4, -0.2) is 25.0 Å². The lowest BCUT2D eigenvalue weighted by Gasteiger charge is -2.27. The van der Waals surface area contributed by atoms with Gasteiger partial charge in [0.15, 0.2) is 0 Å². The standard InChI is InChI=1S/C17H23N3O3/c1-9(21)19-13-6-5-12(8-14(13)23-2)20-17(22)15-10-3-4-11(7-10)16(15)18/h5-6,8,10-11,15-16H,3-4,7,18H2,1-2H3,(H,19,21)(H,20,22). The first-order chi connectivity index (χ1) is 11.0. The quantitative estimate of drug-likeness (QED) is 0.791. The van der Waals surface area contributed by atoms with Gasteiger partial charge in [0.25, 0.3) is 0 Å². The molecule has 3 rings (SSSR count). The second kappa shape index (κ2) is 6.20. The highest BCUT2D eigenvalue weighted by molar-refractivity contribution is 5.95. The van der Waals surface area contributed by atoms with E-state index in [0.29, 0.717) is 29.0 Å². The molecule has 4 atom stereocenters. The van der Waals surface area contributed by atoms with E-state index in [0.717, 1.165) is 19.3 Å². The number of ether oxygens (including phenoxy) is 1. The van der Waals surface area contributed by atoms with Crippen LogP contribution < -0.4 is 21.1 Å². The molecule has 0 saturated heterocycles. The molecule has 1 aromatic rings. The number of rotatable bonds is 4. The van der Waals surface area contributed by atoms with Gasteiger partial charge >= 0.3 is 0 Å². The van der Waals surface area contributed by atoms with Crippen molar-refractivity contribution in [3.63, 3.8) is 0 Å². The number of fused-ring (bicyclic) bond motifs is 2. The van der Waals surface area contributed by atoms with Crippen molar-refractivity contribution in [1.82, 2.24) is 0 Å². The second-order valence-electron chi connectivity index (χ2n) is 6.52. The van der Waals surface area contributed by atoms with Gasteiger partial charge in [0, 0.05) is 24.7 Å². The minimum absolute atomic E-state index is 0.0148. The van der Waals surface area contributed by atoms with Crippen LogP contribution in [0.3, 0.4) is 0 Å². The van der Waals surface area contributed by atoms with Crippen molar-refractivity contribution in [2.45, 2.75) is 32.2 Å². The number of carbonyl (C=O) groups excluding carboxylic acids is 2. The molecule has 0 spiro atoms. The van der Waals surface area contributed by atoms with Crippen LogP contribution in [0.5, 0.6) is 5.75 Å². The Bertz CT molecular complexity index is 630. The molecule has 2 fully saturated rings. The second-order valence-corrected chi connectivity index (χ2v) is 6.52. The Labute approximate surface area is 135 Å². The van der Waals surface area contributed by atoms with E-state index in [-0.39, 0.29) is 23.8 Å². The molecule has 2 saturated carbocycles. The summed E-state index contributed by atoms with van der Waals surface area (Å²) in [6, 6.07) is 5.15. The molecule has 6 heteroatoms. The van der Waals surface area contributed by atoms with Gasteiger partial charge < -0.3 is 21.1 Å². The molecular formula is C17H23N3O3. The molecule has 2 bridgehead atoms. The van der Waals surface area contributed by atoms with Crippen LogP contribution in [0.1, 0.15) is 26.2 Å². The van der Waals surface area contributed by atoms with E-state index in [4.69, 9.17) is 10.5 Å². The third-order valence-corrected chi connectivity index (χ3v) is 5.06. The molecular weight excluding hydrogens is 294 g/mol. The van der Waals surface area contributed by atoms with Gasteiger partial charge in [0.05, 0.1) is 18.7 Å². The van der Waals surface area contributed by atoms with E-state index in [1.165, 1.54) is 14.0 Å². The third kappa shape index (κ3) is 3.03. The van der Waals surface area contributed by atoms with Gasteiger partial charge in [-0.2, -0.15) is 0 Å². The van der Waals surface area contributed by atoms with Crippen LogP contribution >= 0.6 is 0 Å². The third-order valence-electron chi connectivity index (χ3n) is 5.06. The number of carbonyl (C=O) groups is 2. The molecule has 1 aromatic carbocycles. The summed E-state index contributed by atoms with van der Waals surface area (Å²) in [4.78, 5) is 23.8. The summed E-state index contributed by atoms with van der Waals surface area (Å²) in [5.41, 5.74) is 7.45. The van der Waals surface area contributed by atoms with Crippen molar-refractivity contribution >= 4 is 23.2 Å². The topological polar surface area (TPSA) is 93.4 Å². The lowest BCUT2D eigenvalue weighted by atomic mass is 9.84. The smallest absolute Gasteiger partial charge is 0.229 e. The molecule has 0 aliphatic heterocycles. The summed E-state index contributed by atoms with van der Waals surface area (Å²) in [7, 11) is 1.53. The number of hydrogen-bond donors (Lipinski definition) is 3. The van der Waals surface area contributed by atoms with E-state index in [9.17, 15) is 9.59 Å². The Hall–Kier alpha value is -2.08. The van der Waals surface area contributed by atoms with Crippen molar-refractivity contribution in [2.24, 2.45) is 23.5 Å². The molecule has 2 aliphatic carbocycles.